The molecule has 0 radical (unpaired) electrons. The fourth-order valence-electron chi connectivity index (χ4n) is 3.16. The molecule has 5 aromatic rings. The molecule has 3 aromatic heterocycles. The van der Waals surface area contributed by atoms with Crippen LogP contribution in [0.3, 0.4) is 0 Å². The molecule has 5 rings (SSSR count). The first-order valence-electron chi connectivity index (χ1n) is 9.17. The second kappa shape index (κ2) is 7.36. The molecule has 0 saturated heterocycles. The lowest BCUT2D eigenvalue weighted by molar-refractivity contribution is 0.616. The van der Waals surface area contributed by atoms with Crippen LogP contribution in [0.1, 0.15) is 5.56 Å². The number of halogens is 2. The monoisotopic (exact) mass is 403 g/mol. The van der Waals surface area contributed by atoms with Crippen molar-refractivity contribution >= 4 is 11.5 Å². The van der Waals surface area contributed by atoms with Gasteiger partial charge < -0.3 is 9.88 Å². The van der Waals surface area contributed by atoms with Crippen LogP contribution in [0.4, 0.5) is 14.6 Å². The molecule has 0 saturated carbocycles. The number of benzene rings is 2. The van der Waals surface area contributed by atoms with Gasteiger partial charge in [-0.25, -0.2) is 13.8 Å². The molecule has 0 bridgehead atoms. The average Bonchev–Trinajstić information content (AvgIpc) is 3.43. The number of anilines is 1. The highest BCUT2D eigenvalue weighted by Gasteiger charge is 2.13. The van der Waals surface area contributed by atoms with Crippen molar-refractivity contribution in [2.75, 3.05) is 5.32 Å². The minimum atomic E-state index is -0.402. The zero-order valence-electron chi connectivity index (χ0n) is 15.6. The molecule has 0 amide bonds. The van der Waals surface area contributed by atoms with E-state index in [1.807, 2.05) is 6.07 Å². The fourth-order valence-corrected chi connectivity index (χ4v) is 3.16. The molecule has 30 heavy (non-hydrogen) atoms. The molecule has 0 atom stereocenters. The predicted octanol–water partition coefficient (Wildman–Crippen LogP) is 3.87. The van der Waals surface area contributed by atoms with Gasteiger partial charge in [0.1, 0.15) is 17.5 Å². The summed E-state index contributed by atoms with van der Waals surface area (Å²) in [5.41, 5.74) is 1.98. The van der Waals surface area contributed by atoms with Gasteiger partial charge in [-0.1, -0.05) is 18.2 Å². The Bertz CT molecular complexity index is 1330. The summed E-state index contributed by atoms with van der Waals surface area (Å²) in [5, 5.41) is 15.7. The second-order valence-electron chi connectivity index (χ2n) is 6.60. The Morgan fingerprint density at radius 1 is 0.933 bits per heavy atom. The van der Waals surface area contributed by atoms with Crippen LogP contribution in [-0.4, -0.2) is 29.4 Å². The lowest BCUT2D eigenvalue weighted by Crippen LogP contribution is -2.06. The summed E-state index contributed by atoms with van der Waals surface area (Å²) in [6.07, 6.45) is 4.82. The largest absolute Gasteiger partial charge is 0.365 e. The van der Waals surface area contributed by atoms with E-state index >= 15 is 0 Å². The van der Waals surface area contributed by atoms with Crippen LogP contribution in [0.2, 0.25) is 0 Å². The number of imidazole rings is 1. The van der Waals surface area contributed by atoms with E-state index in [4.69, 9.17) is 0 Å². The molecule has 0 aliphatic carbocycles. The molecule has 3 heterocycles. The Labute approximate surface area is 169 Å². The quantitative estimate of drug-likeness (QED) is 0.482. The van der Waals surface area contributed by atoms with Crippen LogP contribution in [-0.2, 0) is 6.54 Å². The number of hydrogen-bond acceptors (Lipinski definition) is 5. The molecule has 2 aromatic carbocycles. The van der Waals surface area contributed by atoms with E-state index in [-0.39, 0.29) is 5.82 Å². The van der Waals surface area contributed by atoms with E-state index < -0.39 is 5.82 Å². The van der Waals surface area contributed by atoms with Gasteiger partial charge >= 0.3 is 0 Å². The van der Waals surface area contributed by atoms with Crippen molar-refractivity contribution in [3.05, 3.63) is 90.5 Å². The van der Waals surface area contributed by atoms with Crippen molar-refractivity contribution in [3.8, 4) is 17.1 Å². The molecule has 0 aliphatic heterocycles. The van der Waals surface area contributed by atoms with Crippen LogP contribution in [0, 0.1) is 11.6 Å². The molecule has 0 unspecified atom stereocenters. The maximum Gasteiger partial charge on any atom is 0.188 e. The van der Waals surface area contributed by atoms with Gasteiger partial charge in [0.05, 0.1) is 17.6 Å². The van der Waals surface area contributed by atoms with Gasteiger partial charge in [0.25, 0.3) is 0 Å². The Kier molecular flexibility index (Phi) is 4.40. The standard InChI is InChI=1S/C21H15F2N7/c22-16-4-2-1-3-15(16)21-27-26-20-8-7-19(28-30(20)21)25-12-14-5-6-18(17(23)11-14)29-10-9-24-13-29/h1-11,13H,12H2,(H,25,28). The smallest absolute Gasteiger partial charge is 0.188 e. The van der Waals surface area contributed by atoms with Gasteiger partial charge in [0.2, 0.25) is 0 Å². The van der Waals surface area contributed by atoms with Crippen LogP contribution in [0.25, 0.3) is 22.7 Å². The normalized spacial score (nSPS) is 11.1. The minimum Gasteiger partial charge on any atom is -0.365 e. The third-order valence-electron chi connectivity index (χ3n) is 4.65. The Hall–Kier alpha value is -4.14. The molecular weight excluding hydrogens is 388 g/mol. The van der Waals surface area contributed by atoms with Gasteiger partial charge in [0.15, 0.2) is 11.5 Å². The Balaban J connectivity index is 1.39. The van der Waals surface area contributed by atoms with Crippen molar-refractivity contribution < 1.29 is 8.78 Å². The van der Waals surface area contributed by atoms with Crippen molar-refractivity contribution in [2.24, 2.45) is 0 Å². The number of fused-ring (bicyclic) bond motifs is 1. The van der Waals surface area contributed by atoms with E-state index in [0.717, 1.165) is 5.56 Å². The average molecular weight is 403 g/mol. The third-order valence-corrected chi connectivity index (χ3v) is 4.65. The summed E-state index contributed by atoms with van der Waals surface area (Å²) in [5.74, 6) is 0.0817. The van der Waals surface area contributed by atoms with Crippen LogP contribution in [0.5, 0.6) is 0 Å². The Morgan fingerprint density at radius 2 is 1.83 bits per heavy atom. The molecule has 0 fully saturated rings. The number of nitrogens with zero attached hydrogens (tertiary/aromatic N) is 6. The number of rotatable bonds is 5. The van der Waals surface area contributed by atoms with Crippen molar-refractivity contribution in [3.63, 3.8) is 0 Å². The summed E-state index contributed by atoms with van der Waals surface area (Å²) >= 11 is 0. The summed E-state index contributed by atoms with van der Waals surface area (Å²) < 4.78 is 31.7. The van der Waals surface area contributed by atoms with Crippen LogP contribution >= 0.6 is 0 Å². The number of nitrogens with one attached hydrogen (secondary N) is 1. The topological polar surface area (TPSA) is 72.9 Å². The molecule has 148 valence electrons. The highest BCUT2D eigenvalue weighted by Crippen LogP contribution is 2.22. The lowest BCUT2D eigenvalue weighted by Gasteiger charge is -2.09. The van der Waals surface area contributed by atoms with Crippen LogP contribution in [0.15, 0.2) is 73.3 Å². The van der Waals surface area contributed by atoms with Gasteiger partial charge in [-0.3, -0.25) is 0 Å². The first-order valence-corrected chi connectivity index (χ1v) is 9.17. The Morgan fingerprint density at radius 3 is 2.63 bits per heavy atom. The minimum absolute atomic E-state index is 0.308. The summed E-state index contributed by atoms with van der Waals surface area (Å²) in [6, 6.07) is 14.8. The second-order valence-corrected chi connectivity index (χ2v) is 6.60. The van der Waals surface area contributed by atoms with Crippen molar-refractivity contribution in [1.29, 1.82) is 0 Å². The van der Waals surface area contributed by atoms with E-state index in [1.54, 1.807) is 59.7 Å². The van der Waals surface area contributed by atoms with Crippen molar-refractivity contribution in [2.45, 2.75) is 6.54 Å². The molecule has 0 spiro atoms. The van der Waals surface area contributed by atoms with E-state index in [1.165, 1.54) is 16.6 Å². The maximum absolute atomic E-state index is 14.4. The first kappa shape index (κ1) is 17.9. The molecule has 1 N–H and O–H groups in total. The molecule has 9 heteroatoms. The van der Waals surface area contributed by atoms with Gasteiger partial charge in [0, 0.05) is 18.9 Å². The first-order chi connectivity index (χ1) is 14.7. The maximum atomic E-state index is 14.4. The highest BCUT2D eigenvalue weighted by molar-refractivity contribution is 5.60. The number of aromatic nitrogens is 6. The zero-order chi connectivity index (χ0) is 20.5. The lowest BCUT2D eigenvalue weighted by atomic mass is 10.2. The molecular formula is C21H15F2N7. The summed E-state index contributed by atoms with van der Waals surface area (Å²) in [7, 11) is 0. The summed E-state index contributed by atoms with van der Waals surface area (Å²) in [4.78, 5) is 3.93. The SMILES string of the molecule is Fc1ccccc1-c1nnc2ccc(NCc3ccc(-n4ccnc4)c(F)c3)nn12. The van der Waals surface area contributed by atoms with Gasteiger partial charge in [-0.05, 0) is 42.0 Å². The molecule has 0 aliphatic rings. The van der Waals surface area contributed by atoms with Gasteiger partial charge in [-0.2, -0.15) is 4.52 Å². The van der Waals surface area contributed by atoms with Gasteiger partial charge in [-0.15, -0.1) is 15.3 Å². The third kappa shape index (κ3) is 3.26. The number of hydrogen-bond donors (Lipinski definition) is 1. The van der Waals surface area contributed by atoms with E-state index in [2.05, 4.69) is 25.6 Å². The van der Waals surface area contributed by atoms with E-state index in [9.17, 15) is 8.78 Å². The summed E-state index contributed by atoms with van der Waals surface area (Å²) in [6.45, 7) is 0.358. The highest BCUT2D eigenvalue weighted by atomic mass is 19.1. The van der Waals surface area contributed by atoms with Crippen molar-refractivity contribution in [1.82, 2.24) is 29.4 Å². The fraction of sp³-hybridized carbons (Fsp3) is 0.0476. The van der Waals surface area contributed by atoms with Crippen LogP contribution < -0.4 is 5.32 Å². The zero-order valence-corrected chi connectivity index (χ0v) is 15.6. The van der Waals surface area contributed by atoms with E-state index in [0.29, 0.717) is 35.1 Å². The predicted molar refractivity (Wildman–Crippen MR) is 107 cm³/mol. The molecule has 7 nitrogen and oxygen atoms in total.